The van der Waals surface area contributed by atoms with Crippen LogP contribution < -0.4 is 5.32 Å². The van der Waals surface area contributed by atoms with E-state index in [1.807, 2.05) is 13.8 Å². The van der Waals surface area contributed by atoms with Crippen LogP contribution >= 0.6 is 0 Å². The van der Waals surface area contributed by atoms with E-state index in [-0.39, 0.29) is 10.6 Å². The molecule has 0 amide bonds. The summed E-state index contributed by atoms with van der Waals surface area (Å²) in [6.45, 7) is 5.22. The predicted octanol–water partition coefficient (Wildman–Crippen LogP) is 2.60. The number of hydrogen-bond donors (Lipinski definition) is 1. The van der Waals surface area contributed by atoms with Gasteiger partial charge in [0.1, 0.15) is 5.69 Å². The van der Waals surface area contributed by atoms with Crippen LogP contribution in [-0.2, 0) is 4.74 Å². The minimum Gasteiger partial charge on any atom is -0.384 e. The third-order valence-corrected chi connectivity index (χ3v) is 2.44. The second-order valence-corrected chi connectivity index (χ2v) is 4.22. The Morgan fingerprint density at radius 3 is 2.82 bits per heavy atom. The third kappa shape index (κ3) is 4.03. The fraction of sp³-hybridized carbons (Fsp3) is 0.500. The molecule has 0 aliphatic carbocycles. The number of nitrogens with zero attached hydrogens (tertiary/aromatic N) is 1. The summed E-state index contributed by atoms with van der Waals surface area (Å²) in [4.78, 5) is 10.5. The van der Waals surface area contributed by atoms with Crippen molar-refractivity contribution >= 4 is 11.4 Å². The van der Waals surface area contributed by atoms with Gasteiger partial charge in [-0.15, -0.1) is 0 Å². The summed E-state index contributed by atoms with van der Waals surface area (Å²) >= 11 is 0. The summed E-state index contributed by atoms with van der Waals surface area (Å²) in [6, 6.07) is 5.05. The van der Waals surface area contributed by atoms with Gasteiger partial charge >= 0.3 is 0 Å². The molecule has 1 rings (SSSR count). The van der Waals surface area contributed by atoms with Crippen molar-refractivity contribution in [1.29, 1.82) is 0 Å². The SMILES string of the molecule is COCC(C)CNc1cc(C)ccc1[N+](=O)[O-]. The number of methoxy groups -OCH3 is 1. The molecule has 17 heavy (non-hydrogen) atoms. The highest BCUT2D eigenvalue weighted by atomic mass is 16.6. The van der Waals surface area contributed by atoms with Gasteiger partial charge < -0.3 is 10.1 Å². The van der Waals surface area contributed by atoms with Gasteiger partial charge in [0.2, 0.25) is 0 Å². The Morgan fingerprint density at radius 1 is 1.53 bits per heavy atom. The smallest absolute Gasteiger partial charge is 0.292 e. The molecule has 0 saturated carbocycles. The zero-order valence-corrected chi connectivity index (χ0v) is 10.4. The van der Waals surface area contributed by atoms with Gasteiger partial charge in [0.25, 0.3) is 5.69 Å². The van der Waals surface area contributed by atoms with Crippen LogP contribution in [0, 0.1) is 23.0 Å². The average Bonchev–Trinajstić information content (AvgIpc) is 2.26. The van der Waals surface area contributed by atoms with Crippen molar-refractivity contribution < 1.29 is 9.66 Å². The molecule has 0 radical (unpaired) electrons. The maximum atomic E-state index is 10.8. The van der Waals surface area contributed by atoms with Gasteiger partial charge in [-0.05, 0) is 24.5 Å². The Labute approximate surface area is 101 Å². The van der Waals surface area contributed by atoms with Crippen molar-refractivity contribution in [2.75, 3.05) is 25.6 Å². The van der Waals surface area contributed by atoms with Crippen molar-refractivity contribution in [2.45, 2.75) is 13.8 Å². The van der Waals surface area contributed by atoms with Crippen molar-refractivity contribution in [1.82, 2.24) is 0 Å². The fourth-order valence-electron chi connectivity index (χ4n) is 1.58. The molecule has 94 valence electrons. The molecule has 0 heterocycles. The molecule has 1 N–H and O–H groups in total. The van der Waals surface area contributed by atoms with E-state index in [9.17, 15) is 10.1 Å². The summed E-state index contributed by atoms with van der Waals surface area (Å²) in [5.41, 5.74) is 1.68. The minimum absolute atomic E-state index is 0.111. The molecule has 5 heteroatoms. The van der Waals surface area contributed by atoms with Gasteiger partial charge in [-0.1, -0.05) is 13.0 Å². The molecule has 5 nitrogen and oxygen atoms in total. The number of rotatable bonds is 6. The van der Waals surface area contributed by atoms with Crippen molar-refractivity contribution in [3.8, 4) is 0 Å². The summed E-state index contributed by atoms with van der Waals surface area (Å²) in [6.07, 6.45) is 0. The summed E-state index contributed by atoms with van der Waals surface area (Å²) in [7, 11) is 1.64. The lowest BCUT2D eigenvalue weighted by molar-refractivity contribution is -0.384. The zero-order valence-electron chi connectivity index (χ0n) is 10.4. The Kier molecular flexibility index (Phi) is 4.90. The summed E-state index contributed by atoms with van der Waals surface area (Å²) in [5.74, 6) is 0.306. The summed E-state index contributed by atoms with van der Waals surface area (Å²) in [5, 5.41) is 13.9. The normalized spacial score (nSPS) is 12.2. The molecule has 0 aromatic heterocycles. The van der Waals surface area contributed by atoms with Gasteiger partial charge in [0.15, 0.2) is 0 Å². The van der Waals surface area contributed by atoms with E-state index < -0.39 is 0 Å². The molecule has 0 saturated heterocycles. The monoisotopic (exact) mass is 238 g/mol. The van der Waals surface area contributed by atoms with Crippen LogP contribution in [0.1, 0.15) is 12.5 Å². The van der Waals surface area contributed by atoms with E-state index in [1.54, 1.807) is 19.2 Å². The van der Waals surface area contributed by atoms with Gasteiger partial charge in [-0.25, -0.2) is 0 Å². The molecule has 1 atom stereocenters. The lowest BCUT2D eigenvalue weighted by Gasteiger charge is -2.13. The van der Waals surface area contributed by atoms with Gasteiger partial charge in [0, 0.05) is 19.7 Å². The molecule has 1 aromatic carbocycles. The first-order valence-electron chi connectivity index (χ1n) is 5.52. The van der Waals surface area contributed by atoms with E-state index in [2.05, 4.69) is 5.32 Å². The largest absolute Gasteiger partial charge is 0.384 e. The topological polar surface area (TPSA) is 64.4 Å². The molecule has 1 unspecified atom stereocenters. The average molecular weight is 238 g/mol. The quantitative estimate of drug-likeness (QED) is 0.611. The van der Waals surface area contributed by atoms with Crippen molar-refractivity contribution in [3.05, 3.63) is 33.9 Å². The summed E-state index contributed by atoms with van der Waals surface area (Å²) < 4.78 is 5.02. The van der Waals surface area contributed by atoms with E-state index in [0.717, 1.165) is 5.56 Å². The standard InChI is InChI=1S/C12H18N2O3/c1-9-4-5-12(14(15)16)11(6-9)13-7-10(2)8-17-3/h4-6,10,13H,7-8H2,1-3H3. The van der Waals surface area contributed by atoms with Crippen LogP contribution in [0.5, 0.6) is 0 Å². The fourth-order valence-corrected chi connectivity index (χ4v) is 1.58. The molecule has 1 aromatic rings. The molecular formula is C12H18N2O3. The number of nitrogens with one attached hydrogen (secondary N) is 1. The first kappa shape index (κ1) is 13.4. The second kappa shape index (κ2) is 6.20. The maximum absolute atomic E-state index is 10.8. The van der Waals surface area contributed by atoms with E-state index in [0.29, 0.717) is 24.8 Å². The third-order valence-electron chi connectivity index (χ3n) is 2.44. The number of nitro benzene ring substituents is 1. The minimum atomic E-state index is -0.372. The number of anilines is 1. The van der Waals surface area contributed by atoms with E-state index in [1.165, 1.54) is 6.07 Å². The predicted molar refractivity (Wildman–Crippen MR) is 67.4 cm³/mol. The first-order valence-corrected chi connectivity index (χ1v) is 5.52. The highest BCUT2D eigenvalue weighted by Gasteiger charge is 2.13. The van der Waals surface area contributed by atoms with Gasteiger partial charge in [-0.2, -0.15) is 0 Å². The highest BCUT2D eigenvalue weighted by molar-refractivity contribution is 5.62. The number of benzene rings is 1. The number of nitro groups is 1. The van der Waals surface area contributed by atoms with Crippen molar-refractivity contribution in [2.24, 2.45) is 5.92 Å². The number of hydrogen-bond acceptors (Lipinski definition) is 4. The Morgan fingerprint density at radius 2 is 2.24 bits per heavy atom. The first-order chi connectivity index (χ1) is 8.04. The van der Waals surface area contributed by atoms with Crippen LogP contribution in [0.25, 0.3) is 0 Å². The Hall–Kier alpha value is -1.62. The van der Waals surface area contributed by atoms with E-state index in [4.69, 9.17) is 4.74 Å². The van der Waals surface area contributed by atoms with E-state index >= 15 is 0 Å². The molecule has 0 bridgehead atoms. The van der Waals surface area contributed by atoms with Gasteiger partial charge in [0.05, 0.1) is 11.5 Å². The number of ether oxygens (including phenoxy) is 1. The Bertz CT molecular complexity index is 393. The molecule has 0 aliphatic heterocycles. The van der Waals surface area contributed by atoms with Crippen LogP contribution in [0.3, 0.4) is 0 Å². The Balaban J connectivity index is 2.75. The second-order valence-electron chi connectivity index (χ2n) is 4.22. The van der Waals surface area contributed by atoms with Gasteiger partial charge in [-0.3, -0.25) is 10.1 Å². The molecule has 0 spiro atoms. The lowest BCUT2D eigenvalue weighted by atomic mass is 10.1. The highest BCUT2D eigenvalue weighted by Crippen LogP contribution is 2.25. The number of aryl methyl sites for hydroxylation is 1. The van der Waals surface area contributed by atoms with Crippen LogP contribution in [0.4, 0.5) is 11.4 Å². The lowest BCUT2D eigenvalue weighted by Crippen LogP contribution is -2.16. The molecular weight excluding hydrogens is 220 g/mol. The maximum Gasteiger partial charge on any atom is 0.292 e. The van der Waals surface area contributed by atoms with Crippen LogP contribution in [0.15, 0.2) is 18.2 Å². The zero-order chi connectivity index (χ0) is 12.8. The van der Waals surface area contributed by atoms with Crippen LogP contribution in [-0.4, -0.2) is 25.2 Å². The van der Waals surface area contributed by atoms with Crippen molar-refractivity contribution in [3.63, 3.8) is 0 Å². The molecule has 0 fully saturated rings. The van der Waals surface area contributed by atoms with Crippen LogP contribution in [0.2, 0.25) is 0 Å². The molecule has 0 aliphatic rings.